The maximum Gasteiger partial charge on any atom is 0.312 e. The molecule has 2 aromatic rings. The van der Waals surface area contributed by atoms with E-state index in [9.17, 15) is 14.4 Å². The van der Waals surface area contributed by atoms with Crippen LogP contribution in [0.4, 0.5) is 0 Å². The van der Waals surface area contributed by atoms with Crippen LogP contribution in [0.1, 0.15) is 34.3 Å². The lowest BCUT2D eigenvalue weighted by Gasteiger charge is -2.42. The monoisotopic (exact) mass is 405 g/mol. The fourth-order valence-electron chi connectivity index (χ4n) is 4.25. The van der Waals surface area contributed by atoms with E-state index in [0.717, 1.165) is 5.56 Å². The van der Waals surface area contributed by atoms with Crippen LogP contribution in [-0.4, -0.2) is 64.6 Å². The van der Waals surface area contributed by atoms with Crippen molar-refractivity contribution in [2.75, 3.05) is 26.2 Å². The number of carbonyl (C=O) groups excluding carboxylic acids is 3. The van der Waals surface area contributed by atoms with Crippen LogP contribution in [0.5, 0.6) is 0 Å². The van der Waals surface area contributed by atoms with E-state index in [4.69, 9.17) is 0 Å². The van der Waals surface area contributed by atoms with Gasteiger partial charge in [-0.25, -0.2) is 0 Å². The fraction of sp³-hybridized carbons (Fsp3) is 0.375. The number of aryl methyl sites for hydroxylation is 1. The summed E-state index contributed by atoms with van der Waals surface area (Å²) in [4.78, 5) is 43.3. The van der Waals surface area contributed by atoms with E-state index in [1.807, 2.05) is 66.4 Å². The molecule has 6 heteroatoms. The Hall–Kier alpha value is -3.15. The maximum absolute atomic E-state index is 12.8. The van der Waals surface area contributed by atoms with Gasteiger partial charge in [-0.2, -0.15) is 0 Å². The molecule has 0 aliphatic carbocycles. The van der Waals surface area contributed by atoms with Crippen LogP contribution in [0.3, 0.4) is 0 Å². The molecule has 0 bridgehead atoms. The zero-order valence-electron chi connectivity index (χ0n) is 17.3. The van der Waals surface area contributed by atoms with Crippen molar-refractivity contribution in [3.8, 4) is 0 Å². The molecule has 2 aliphatic heterocycles. The number of amides is 3. The first-order valence-electron chi connectivity index (χ1n) is 10.5. The summed E-state index contributed by atoms with van der Waals surface area (Å²) in [6.45, 7) is 4.78. The molecule has 156 valence electrons. The maximum atomic E-state index is 12.8. The Kier molecular flexibility index (Phi) is 5.84. The van der Waals surface area contributed by atoms with Gasteiger partial charge in [-0.05, 0) is 37.5 Å². The van der Waals surface area contributed by atoms with E-state index in [-0.39, 0.29) is 11.9 Å². The van der Waals surface area contributed by atoms with Crippen LogP contribution >= 0.6 is 0 Å². The van der Waals surface area contributed by atoms with E-state index < -0.39 is 11.8 Å². The minimum atomic E-state index is -0.426. The second-order valence-electron chi connectivity index (χ2n) is 8.10. The Labute approximate surface area is 177 Å². The van der Waals surface area contributed by atoms with Crippen LogP contribution in [0, 0.1) is 6.92 Å². The van der Waals surface area contributed by atoms with Gasteiger partial charge in [0.15, 0.2) is 0 Å². The molecule has 2 aliphatic rings. The molecule has 0 unspecified atom stereocenters. The molecule has 3 amide bonds. The molecule has 2 fully saturated rings. The Morgan fingerprint density at radius 3 is 2.20 bits per heavy atom. The zero-order chi connectivity index (χ0) is 21.1. The number of hydrogen-bond donors (Lipinski definition) is 0. The summed E-state index contributed by atoms with van der Waals surface area (Å²) in [5, 5.41) is 0. The van der Waals surface area contributed by atoms with Crippen molar-refractivity contribution >= 4 is 17.7 Å². The van der Waals surface area contributed by atoms with Gasteiger partial charge >= 0.3 is 11.8 Å². The van der Waals surface area contributed by atoms with Crippen LogP contribution in [-0.2, 0) is 16.1 Å². The molecule has 0 spiro atoms. The van der Waals surface area contributed by atoms with E-state index in [0.29, 0.717) is 51.1 Å². The van der Waals surface area contributed by atoms with Crippen LogP contribution in [0.25, 0.3) is 0 Å². The molecule has 2 heterocycles. The molecule has 0 atom stereocenters. The van der Waals surface area contributed by atoms with Crippen molar-refractivity contribution in [2.45, 2.75) is 32.4 Å². The zero-order valence-corrected chi connectivity index (χ0v) is 17.3. The van der Waals surface area contributed by atoms with E-state index >= 15 is 0 Å². The Morgan fingerprint density at radius 1 is 0.867 bits per heavy atom. The van der Waals surface area contributed by atoms with Crippen molar-refractivity contribution in [1.29, 1.82) is 0 Å². The van der Waals surface area contributed by atoms with Gasteiger partial charge in [-0.3, -0.25) is 14.4 Å². The Morgan fingerprint density at radius 2 is 1.53 bits per heavy atom. The van der Waals surface area contributed by atoms with Gasteiger partial charge in [0.25, 0.3) is 5.91 Å². The predicted molar refractivity (Wildman–Crippen MR) is 114 cm³/mol. The number of piperidine rings is 1. The van der Waals surface area contributed by atoms with Gasteiger partial charge in [-0.1, -0.05) is 48.0 Å². The lowest BCUT2D eigenvalue weighted by atomic mass is 10.0. The minimum Gasteiger partial charge on any atom is -0.338 e. The van der Waals surface area contributed by atoms with Crippen molar-refractivity contribution in [1.82, 2.24) is 14.7 Å². The molecular weight excluding hydrogens is 378 g/mol. The largest absolute Gasteiger partial charge is 0.338 e. The predicted octanol–water partition coefficient (Wildman–Crippen LogP) is 2.47. The Balaban J connectivity index is 1.33. The molecule has 4 rings (SSSR count). The highest BCUT2D eigenvalue weighted by Gasteiger charge is 2.38. The molecule has 0 radical (unpaired) electrons. The lowest BCUT2D eigenvalue weighted by Crippen LogP contribution is -2.59. The first-order chi connectivity index (χ1) is 14.5. The summed E-state index contributed by atoms with van der Waals surface area (Å²) in [6, 6.07) is 17.3. The molecule has 30 heavy (non-hydrogen) atoms. The number of likely N-dealkylation sites (tertiary alicyclic amines) is 1. The third kappa shape index (κ3) is 4.22. The number of nitrogens with zero attached hydrogens (tertiary/aromatic N) is 3. The van der Waals surface area contributed by atoms with Gasteiger partial charge in [0.1, 0.15) is 0 Å². The van der Waals surface area contributed by atoms with Gasteiger partial charge in [-0.15, -0.1) is 0 Å². The third-order valence-corrected chi connectivity index (χ3v) is 6.05. The highest BCUT2D eigenvalue weighted by atomic mass is 16.2. The topological polar surface area (TPSA) is 60.9 Å². The summed E-state index contributed by atoms with van der Waals surface area (Å²) in [6.07, 6.45) is 1.41. The van der Waals surface area contributed by atoms with Crippen molar-refractivity contribution in [3.63, 3.8) is 0 Å². The van der Waals surface area contributed by atoms with Crippen LogP contribution < -0.4 is 0 Å². The molecule has 2 aromatic carbocycles. The van der Waals surface area contributed by atoms with Gasteiger partial charge in [0.2, 0.25) is 0 Å². The SMILES string of the molecule is Cc1ccc(CN2CCN(C3CCN(C(=O)c4ccccc4)CC3)C(=O)C2=O)cc1. The standard InChI is InChI=1S/C24H27N3O3/c1-18-7-9-19(10-8-18)17-26-15-16-27(24(30)23(26)29)21-11-13-25(14-12-21)22(28)20-5-3-2-4-6-20/h2-10,21H,11-17H2,1H3. The van der Waals surface area contributed by atoms with E-state index in [1.165, 1.54) is 5.56 Å². The average molecular weight is 405 g/mol. The van der Waals surface area contributed by atoms with Crippen molar-refractivity contribution in [3.05, 3.63) is 71.3 Å². The van der Waals surface area contributed by atoms with Gasteiger partial charge in [0.05, 0.1) is 0 Å². The van der Waals surface area contributed by atoms with Gasteiger partial charge < -0.3 is 14.7 Å². The highest BCUT2D eigenvalue weighted by Crippen LogP contribution is 2.22. The summed E-state index contributed by atoms with van der Waals surface area (Å²) >= 11 is 0. The summed E-state index contributed by atoms with van der Waals surface area (Å²) in [5.74, 6) is -0.815. The molecule has 0 N–H and O–H groups in total. The van der Waals surface area contributed by atoms with Crippen LogP contribution in [0.2, 0.25) is 0 Å². The van der Waals surface area contributed by atoms with Gasteiger partial charge in [0, 0.05) is 44.3 Å². The number of piperazine rings is 1. The number of rotatable bonds is 4. The first kappa shape index (κ1) is 20.1. The molecule has 6 nitrogen and oxygen atoms in total. The second kappa shape index (κ2) is 8.69. The fourth-order valence-corrected chi connectivity index (χ4v) is 4.25. The molecule has 2 saturated heterocycles. The lowest BCUT2D eigenvalue weighted by molar-refractivity contribution is -0.158. The van der Waals surface area contributed by atoms with Crippen molar-refractivity contribution < 1.29 is 14.4 Å². The second-order valence-corrected chi connectivity index (χ2v) is 8.10. The normalized spacial score (nSPS) is 18.1. The number of carbonyl (C=O) groups is 3. The molecule has 0 saturated carbocycles. The average Bonchev–Trinajstić information content (AvgIpc) is 2.79. The van der Waals surface area contributed by atoms with Crippen LogP contribution in [0.15, 0.2) is 54.6 Å². The van der Waals surface area contributed by atoms with E-state index in [2.05, 4.69) is 0 Å². The summed E-state index contributed by atoms with van der Waals surface area (Å²) in [7, 11) is 0. The smallest absolute Gasteiger partial charge is 0.312 e. The molecule has 0 aromatic heterocycles. The van der Waals surface area contributed by atoms with E-state index in [1.54, 1.807) is 9.80 Å². The van der Waals surface area contributed by atoms with Crippen molar-refractivity contribution in [2.24, 2.45) is 0 Å². The molecular formula is C24H27N3O3. The highest BCUT2D eigenvalue weighted by molar-refractivity contribution is 6.35. The summed E-state index contributed by atoms with van der Waals surface area (Å²) < 4.78 is 0. The summed E-state index contributed by atoms with van der Waals surface area (Å²) in [5.41, 5.74) is 2.89. The Bertz CT molecular complexity index is 918. The number of benzene rings is 2. The first-order valence-corrected chi connectivity index (χ1v) is 10.5. The third-order valence-electron chi connectivity index (χ3n) is 6.05. The number of hydrogen-bond acceptors (Lipinski definition) is 3. The minimum absolute atomic E-state index is 0.0165. The quantitative estimate of drug-likeness (QED) is 0.735.